The molecule has 6 heteroatoms. The summed E-state index contributed by atoms with van der Waals surface area (Å²) in [7, 11) is -3.76. The average molecular weight is 344 g/mol. The molecule has 0 N–H and O–H groups in total. The summed E-state index contributed by atoms with van der Waals surface area (Å²) in [4.78, 5) is 0.0155. The Labute approximate surface area is 135 Å². The van der Waals surface area contributed by atoms with Crippen LogP contribution in [-0.2, 0) is 10.0 Å². The Bertz CT molecular complexity index is 760. The molecule has 112 valence electrons. The quantitative estimate of drug-likeness (QED) is 0.818. The lowest BCUT2D eigenvalue weighted by molar-refractivity contribution is 0.592. The highest BCUT2D eigenvalue weighted by Crippen LogP contribution is 2.31. The van der Waals surface area contributed by atoms with E-state index in [4.69, 9.17) is 23.2 Å². The van der Waals surface area contributed by atoms with Gasteiger partial charge in [-0.15, -0.1) is 0 Å². The minimum atomic E-state index is -3.76. The zero-order valence-corrected chi connectivity index (χ0v) is 14.0. The number of nitrogens with zero attached hydrogens (tertiary/aromatic N) is 1. The molecule has 3 nitrogen and oxygen atoms in total. The molecule has 0 aliphatic rings. The molecule has 0 aliphatic heterocycles. The predicted octanol–water partition coefficient (Wildman–Crippen LogP) is 4.52. The van der Waals surface area contributed by atoms with E-state index in [9.17, 15) is 8.42 Å². The van der Waals surface area contributed by atoms with Gasteiger partial charge in [-0.3, -0.25) is 4.31 Å². The first kappa shape index (κ1) is 16.1. The summed E-state index contributed by atoms with van der Waals surface area (Å²) in [5.41, 5.74) is 1.51. The molecule has 0 unspecified atom stereocenters. The molecule has 2 rings (SSSR count). The number of hydrogen-bond acceptors (Lipinski definition) is 2. The van der Waals surface area contributed by atoms with Crippen LogP contribution < -0.4 is 4.31 Å². The number of anilines is 1. The van der Waals surface area contributed by atoms with E-state index in [1.807, 2.05) is 19.1 Å². The van der Waals surface area contributed by atoms with Gasteiger partial charge in [0.1, 0.15) is 4.90 Å². The van der Waals surface area contributed by atoms with Gasteiger partial charge < -0.3 is 0 Å². The summed E-state index contributed by atoms with van der Waals surface area (Å²) in [5, 5.41) is 0.491. The second-order valence-electron chi connectivity index (χ2n) is 4.53. The van der Waals surface area contributed by atoms with E-state index in [2.05, 4.69) is 0 Å². The number of sulfonamides is 1. The molecule has 0 aromatic heterocycles. The number of rotatable bonds is 4. The van der Waals surface area contributed by atoms with Crippen LogP contribution >= 0.6 is 23.2 Å². The number of aryl methyl sites for hydroxylation is 1. The summed E-state index contributed by atoms with van der Waals surface area (Å²) in [6, 6.07) is 11.7. The fourth-order valence-electron chi connectivity index (χ4n) is 2.11. The van der Waals surface area contributed by atoms with Gasteiger partial charge in [0.15, 0.2) is 0 Å². The molecular formula is C15H15Cl2NO2S. The zero-order chi connectivity index (χ0) is 15.6. The van der Waals surface area contributed by atoms with Crippen molar-refractivity contribution in [3.63, 3.8) is 0 Å². The summed E-state index contributed by atoms with van der Waals surface area (Å²) in [5.74, 6) is 0. The molecule has 2 aromatic carbocycles. The van der Waals surface area contributed by atoms with Gasteiger partial charge in [0.05, 0.1) is 10.7 Å². The van der Waals surface area contributed by atoms with E-state index in [0.717, 1.165) is 5.56 Å². The maximum absolute atomic E-state index is 12.9. The smallest absolute Gasteiger partial charge is 0.265 e. The van der Waals surface area contributed by atoms with Crippen LogP contribution in [0.2, 0.25) is 10.0 Å². The van der Waals surface area contributed by atoms with Crippen LogP contribution in [0.4, 0.5) is 5.69 Å². The minimum Gasteiger partial charge on any atom is -0.266 e. The summed E-state index contributed by atoms with van der Waals surface area (Å²) in [6.45, 7) is 3.95. The molecular weight excluding hydrogens is 329 g/mol. The van der Waals surface area contributed by atoms with Crippen LogP contribution in [0.15, 0.2) is 47.4 Å². The van der Waals surface area contributed by atoms with Crippen LogP contribution in [0.5, 0.6) is 0 Å². The molecule has 0 aliphatic carbocycles. The zero-order valence-electron chi connectivity index (χ0n) is 11.7. The normalized spacial score (nSPS) is 11.4. The first-order valence-electron chi connectivity index (χ1n) is 6.41. The van der Waals surface area contributed by atoms with Gasteiger partial charge in [0, 0.05) is 11.6 Å². The third-order valence-electron chi connectivity index (χ3n) is 3.13. The van der Waals surface area contributed by atoms with Gasteiger partial charge in [0.2, 0.25) is 0 Å². The number of halogens is 2. The fraction of sp³-hybridized carbons (Fsp3) is 0.200. The number of para-hydroxylation sites is 1. The van der Waals surface area contributed by atoms with Crippen LogP contribution in [0.25, 0.3) is 0 Å². The Morgan fingerprint density at radius 2 is 1.76 bits per heavy atom. The molecule has 0 saturated heterocycles. The molecule has 0 fully saturated rings. The van der Waals surface area contributed by atoms with Crippen LogP contribution in [0.3, 0.4) is 0 Å². The van der Waals surface area contributed by atoms with E-state index in [1.165, 1.54) is 16.4 Å². The van der Waals surface area contributed by atoms with E-state index in [-0.39, 0.29) is 9.92 Å². The molecule has 0 spiro atoms. The Morgan fingerprint density at radius 3 is 2.38 bits per heavy atom. The third-order valence-corrected chi connectivity index (χ3v) is 5.74. The monoisotopic (exact) mass is 343 g/mol. The van der Waals surface area contributed by atoms with Crippen molar-refractivity contribution in [2.45, 2.75) is 18.7 Å². The standard InChI is InChI=1S/C15H15Cl2NO2S/c1-3-18(14-7-5-4-6-11(14)2)21(19,20)15-10-12(16)8-9-13(15)17/h4-10H,3H2,1-2H3. The van der Waals surface area contributed by atoms with E-state index >= 15 is 0 Å². The molecule has 0 radical (unpaired) electrons. The van der Waals surface area contributed by atoms with E-state index in [0.29, 0.717) is 17.3 Å². The van der Waals surface area contributed by atoms with Gasteiger partial charge in [-0.25, -0.2) is 8.42 Å². The largest absolute Gasteiger partial charge is 0.266 e. The Balaban J connectivity index is 2.61. The van der Waals surface area contributed by atoms with Crippen molar-refractivity contribution in [2.24, 2.45) is 0 Å². The molecule has 0 saturated carbocycles. The molecule has 0 heterocycles. The van der Waals surface area contributed by atoms with Gasteiger partial charge in [-0.05, 0) is 43.7 Å². The Hall–Kier alpha value is -1.23. The number of hydrogen-bond donors (Lipinski definition) is 0. The second-order valence-corrected chi connectivity index (χ2v) is 7.21. The highest BCUT2D eigenvalue weighted by molar-refractivity contribution is 7.93. The van der Waals surface area contributed by atoms with Gasteiger partial charge in [-0.1, -0.05) is 41.4 Å². The van der Waals surface area contributed by atoms with Crippen molar-refractivity contribution in [2.75, 3.05) is 10.8 Å². The van der Waals surface area contributed by atoms with Gasteiger partial charge >= 0.3 is 0 Å². The van der Waals surface area contributed by atoms with Crippen molar-refractivity contribution < 1.29 is 8.42 Å². The van der Waals surface area contributed by atoms with E-state index < -0.39 is 10.0 Å². The maximum Gasteiger partial charge on any atom is 0.265 e. The van der Waals surface area contributed by atoms with Gasteiger partial charge in [-0.2, -0.15) is 0 Å². The Morgan fingerprint density at radius 1 is 1.10 bits per heavy atom. The van der Waals surface area contributed by atoms with Crippen molar-refractivity contribution >= 4 is 38.9 Å². The summed E-state index contributed by atoms with van der Waals surface area (Å²) in [6.07, 6.45) is 0. The lowest BCUT2D eigenvalue weighted by atomic mass is 10.2. The molecule has 0 bridgehead atoms. The number of benzene rings is 2. The maximum atomic E-state index is 12.9. The highest BCUT2D eigenvalue weighted by atomic mass is 35.5. The predicted molar refractivity (Wildman–Crippen MR) is 87.8 cm³/mol. The third kappa shape index (κ3) is 3.18. The van der Waals surface area contributed by atoms with Gasteiger partial charge in [0.25, 0.3) is 10.0 Å². The SMILES string of the molecule is CCN(c1ccccc1C)S(=O)(=O)c1cc(Cl)ccc1Cl. The molecule has 0 atom stereocenters. The van der Waals surface area contributed by atoms with Crippen LogP contribution in [0.1, 0.15) is 12.5 Å². The van der Waals surface area contributed by atoms with Crippen LogP contribution in [0, 0.1) is 6.92 Å². The summed E-state index contributed by atoms with van der Waals surface area (Å²) < 4.78 is 27.1. The molecule has 21 heavy (non-hydrogen) atoms. The average Bonchev–Trinajstić information content (AvgIpc) is 2.44. The Kier molecular flexibility index (Phi) is 4.81. The lowest BCUT2D eigenvalue weighted by Crippen LogP contribution is -2.31. The van der Waals surface area contributed by atoms with Crippen molar-refractivity contribution in [3.8, 4) is 0 Å². The topological polar surface area (TPSA) is 37.4 Å². The van der Waals surface area contributed by atoms with E-state index in [1.54, 1.807) is 25.1 Å². The first-order valence-corrected chi connectivity index (χ1v) is 8.61. The fourth-order valence-corrected chi connectivity index (χ4v) is 4.38. The minimum absolute atomic E-state index is 0.0155. The summed E-state index contributed by atoms with van der Waals surface area (Å²) >= 11 is 12.0. The lowest BCUT2D eigenvalue weighted by Gasteiger charge is -2.25. The highest BCUT2D eigenvalue weighted by Gasteiger charge is 2.27. The second kappa shape index (κ2) is 6.26. The van der Waals surface area contributed by atoms with Crippen LogP contribution in [-0.4, -0.2) is 15.0 Å². The first-order chi connectivity index (χ1) is 9.87. The van der Waals surface area contributed by atoms with Crippen molar-refractivity contribution in [3.05, 3.63) is 58.1 Å². The molecule has 2 aromatic rings. The van der Waals surface area contributed by atoms with Crippen molar-refractivity contribution in [1.29, 1.82) is 0 Å². The van der Waals surface area contributed by atoms with Crippen molar-refractivity contribution in [1.82, 2.24) is 0 Å². The molecule has 0 amide bonds.